The summed E-state index contributed by atoms with van der Waals surface area (Å²) in [5.74, 6) is 0. The van der Waals surface area contributed by atoms with E-state index in [1.165, 1.54) is 4.31 Å². The van der Waals surface area contributed by atoms with Crippen molar-refractivity contribution in [1.82, 2.24) is 9.62 Å². The summed E-state index contributed by atoms with van der Waals surface area (Å²) in [6.07, 6.45) is 0.147. The zero-order chi connectivity index (χ0) is 15.3. The fourth-order valence-electron chi connectivity index (χ4n) is 2.17. The average Bonchev–Trinajstić information content (AvgIpc) is 2.49. The molecule has 1 atom stereocenters. The number of nitrogens with zero attached hydrogens (tertiary/aromatic N) is 2. The van der Waals surface area contributed by atoms with Crippen LogP contribution in [-0.2, 0) is 21.2 Å². The lowest BCUT2D eigenvalue weighted by Crippen LogP contribution is -2.45. The van der Waals surface area contributed by atoms with Crippen LogP contribution in [0.4, 0.5) is 0 Å². The lowest BCUT2D eigenvalue weighted by Gasteiger charge is -2.27. The molecule has 0 aliphatic carbocycles. The van der Waals surface area contributed by atoms with Gasteiger partial charge in [-0.25, -0.2) is 8.42 Å². The van der Waals surface area contributed by atoms with Crippen LogP contribution in [0.25, 0.3) is 0 Å². The van der Waals surface area contributed by atoms with Crippen LogP contribution >= 0.6 is 0 Å². The quantitative estimate of drug-likeness (QED) is 0.849. The van der Waals surface area contributed by atoms with Gasteiger partial charge in [0.15, 0.2) is 0 Å². The average molecular weight is 309 g/mol. The summed E-state index contributed by atoms with van der Waals surface area (Å²) in [6, 6.07) is 8.45. The Morgan fingerprint density at radius 2 is 2.14 bits per heavy atom. The van der Waals surface area contributed by atoms with Gasteiger partial charge in [0.25, 0.3) is 0 Å². The second kappa shape index (κ2) is 7.00. The minimum absolute atomic E-state index is 0.128. The Balaban J connectivity index is 2.07. The highest BCUT2D eigenvalue weighted by molar-refractivity contribution is 7.89. The summed E-state index contributed by atoms with van der Waals surface area (Å²) in [4.78, 5) is 0.232. The molecule has 0 amide bonds. The van der Waals surface area contributed by atoms with Gasteiger partial charge < -0.3 is 10.1 Å². The van der Waals surface area contributed by atoms with Crippen molar-refractivity contribution >= 4 is 10.0 Å². The van der Waals surface area contributed by atoms with Crippen molar-refractivity contribution in [1.29, 1.82) is 5.26 Å². The van der Waals surface area contributed by atoms with Gasteiger partial charge in [0.1, 0.15) is 0 Å². The Hall–Kier alpha value is -1.46. The number of hydrogen-bond acceptors (Lipinski definition) is 5. The van der Waals surface area contributed by atoms with Gasteiger partial charge in [-0.1, -0.05) is 12.1 Å². The maximum absolute atomic E-state index is 12.5. The van der Waals surface area contributed by atoms with E-state index in [9.17, 15) is 8.42 Å². The topological polar surface area (TPSA) is 82.4 Å². The molecule has 1 aliphatic rings. The number of nitrogens with one attached hydrogen (secondary N) is 1. The minimum atomic E-state index is -3.53. The van der Waals surface area contributed by atoms with Crippen molar-refractivity contribution in [3.63, 3.8) is 0 Å². The summed E-state index contributed by atoms with van der Waals surface area (Å²) in [6.45, 7) is 2.37. The van der Waals surface area contributed by atoms with Gasteiger partial charge in [-0.2, -0.15) is 9.57 Å². The molecule has 1 aromatic carbocycles. The van der Waals surface area contributed by atoms with Crippen LogP contribution in [0.5, 0.6) is 0 Å². The second-order valence-electron chi connectivity index (χ2n) is 4.96. The highest BCUT2D eigenvalue weighted by Crippen LogP contribution is 2.16. The van der Waals surface area contributed by atoms with Gasteiger partial charge in [-0.05, 0) is 17.7 Å². The third kappa shape index (κ3) is 4.02. The normalized spacial score (nSPS) is 19.4. The Morgan fingerprint density at radius 1 is 1.43 bits per heavy atom. The van der Waals surface area contributed by atoms with E-state index in [2.05, 4.69) is 5.32 Å². The molecule has 1 unspecified atom stereocenters. The van der Waals surface area contributed by atoms with Crippen molar-refractivity contribution in [3.8, 4) is 6.07 Å². The van der Waals surface area contributed by atoms with Crippen LogP contribution < -0.4 is 5.32 Å². The minimum Gasteiger partial charge on any atom is -0.374 e. The predicted octanol–water partition coefficient (Wildman–Crippen LogP) is 0.362. The van der Waals surface area contributed by atoms with Gasteiger partial charge in [0.05, 0.1) is 30.1 Å². The molecular weight excluding hydrogens is 290 g/mol. The van der Waals surface area contributed by atoms with E-state index in [1.807, 2.05) is 6.07 Å². The zero-order valence-corrected chi connectivity index (χ0v) is 12.8. The molecular formula is C14H19N3O3S. The molecule has 0 spiro atoms. The molecule has 1 fully saturated rings. The molecule has 1 N–H and O–H groups in total. The monoisotopic (exact) mass is 309 g/mol. The van der Waals surface area contributed by atoms with E-state index in [0.29, 0.717) is 19.7 Å². The van der Waals surface area contributed by atoms with Crippen molar-refractivity contribution < 1.29 is 13.2 Å². The first-order chi connectivity index (χ1) is 10.0. The maximum Gasteiger partial charge on any atom is 0.242 e. The Kier molecular flexibility index (Phi) is 5.31. The fourth-order valence-corrected chi connectivity index (χ4v) is 3.37. The molecule has 7 heteroatoms. The highest BCUT2D eigenvalue weighted by atomic mass is 32.2. The number of morpholine rings is 1. The number of benzene rings is 1. The molecule has 1 aromatic rings. The SMILES string of the molecule is CN(CC1CNCCO1)S(=O)(=O)c1ccc(CC#N)cc1. The van der Waals surface area contributed by atoms with Crippen LogP contribution in [0.3, 0.4) is 0 Å². The Labute approximate surface area is 125 Å². The number of ether oxygens (including phenoxy) is 1. The second-order valence-corrected chi connectivity index (χ2v) is 7.01. The number of nitriles is 1. The number of likely N-dealkylation sites (N-methyl/N-ethyl adjacent to an activating group) is 1. The lowest BCUT2D eigenvalue weighted by molar-refractivity contribution is 0.0206. The van der Waals surface area contributed by atoms with Gasteiger partial charge >= 0.3 is 0 Å². The molecule has 0 saturated carbocycles. The molecule has 0 aromatic heterocycles. The Bertz CT molecular complexity index is 601. The molecule has 21 heavy (non-hydrogen) atoms. The van der Waals surface area contributed by atoms with Crippen molar-refractivity contribution in [3.05, 3.63) is 29.8 Å². The van der Waals surface area contributed by atoms with E-state index in [4.69, 9.17) is 10.00 Å². The van der Waals surface area contributed by atoms with Crippen molar-refractivity contribution in [2.24, 2.45) is 0 Å². The van der Waals surface area contributed by atoms with Gasteiger partial charge in [0.2, 0.25) is 10.0 Å². The van der Waals surface area contributed by atoms with Crippen LogP contribution in [-0.4, -0.2) is 52.1 Å². The lowest BCUT2D eigenvalue weighted by atomic mass is 10.2. The van der Waals surface area contributed by atoms with Gasteiger partial charge in [-0.3, -0.25) is 0 Å². The van der Waals surface area contributed by atoms with E-state index in [-0.39, 0.29) is 17.4 Å². The molecule has 1 heterocycles. The van der Waals surface area contributed by atoms with E-state index in [0.717, 1.165) is 12.1 Å². The first-order valence-electron chi connectivity index (χ1n) is 6.78. The standard InChI is InChI=1S/C14H19N3O3S/c1-17(11-13-10-16-8-9-20-13)21(18,19)14-4-2-12(3-5-14)6-7-15/h2-5,13,16H,6,8-11H2,1H3. The molecule has 0 bridgehead atoms. The van der Waals surface area contributed by atoms with Gasteiger partial charge in [0, 0.05) is 26.7 Å². The van der Waals surface area contributed by atoms with Crippen molar-refractivity contribution in [2.75, 3.05) is 33.3 Å². The number of sulfonamides is 1. The van der Waals surface area contributed by atoms with Gasteiger partial charge in [-0.15, -0.1) is 0 Å². The smallest absolute Gasteiger partial charge is 0.242 e. The first-order valence-corrected chi connectivity index (χ1v) is 8.22. The van der Waals surface area contributed by atoms with Crippen molar-refractivity contribution in [2.45, 2.75) is 17.4 Å². The summed E-state index contributed by atoms with van der Waals surface area (Å²) >= 11 is 0. The van der Waals surface area contributed by atoms with E-state index >= 15 is 0 Å². The summed E-state index contributed by atoms with van der Waals surface area (Å²) in [5.41, 5.74) is 0.805. The number of hydrogen-bond donors (Lipinski definition) is 1. The fraction of sp³-hybridized carbons (Fsp3) is 0.500. The Morgan fingerprint density at radius 3 is 2.71 bits per heavy atom. The maximum atomic E-state index is 12.5. The summed E-state index contributed by atoms with van der Waals surface area (Å²) in [7, 11) is -1.98. The highest BCUT2D eigenvalue weighted by Gasteiger charge is 2.25. The third-order valence-corrected chi connectivity index (χ3v) is 5.22. The van der Waals surface area contributed by atoms with Crippen LogP contribution in [0, 0.1) is 11.3 Å². The number of rotatable bonds is 5. The summed E-state index contributed by atoms with van der Waals surface area (Å²) < 4.78 is 31.8. The third-order valence-electron chi connectivity index (χ3n) is 3.38. The zero-order valence-electron chi connectivity index (χ0n) is 11.9. The molecule has 0 radical (unpaired) electrons. The molecule has 6 nitrogen and oxygen atoms in total. The molecule has 114 valence electrons. The summed E-state index contributed by atoms with van der Waals surface area (Å²) in [5, 5.41) is 11.8. The van der Waals surface area contributed by atoms with Crippen LogP contribution in [0.1, 0.15) is 5.56 Å². The molecule has 1 aliphatic heterocycles. The first kappa shape index (κ1) is 15.9. The largest absolute Gasteiger partial charge is 0.374 e. The van der Waals surface area contributed by atoms with Crippen LogP contribution in [0.15, 0.2) is 29.2 Å². The molecule has 2 rings (SSSR count). The predicted molar refractivity (Wildman–Crippen MR) is 78.2 cm³/mol. The van der Waals surface area contributed by atoms with E-state index in [1.54, 1.807) is 31.3 Å². The molecule has 1 saturated heterocycles. The van der Waals surface area contributed by atoms with E-state index < -0.39 is 10.0 Å². The van der Waals surface area contributed by atoms with Crippen LogP contribution in [0.2, 0.25) is 0 Å².